The van der Waals surface area contributed by atoms with Crippen molar-refractivity contribution in [2.24, 2.45) is 5.92 Å². The van der Waals surface area contributed by atoms with Gasteiger partial charge in [0, 0.05) is 18.1 Å². The van der Waals surface area contributed by atoms with Crippen molar-refractivity contribution in [3.05, 3.63) is 52.4 Å². The van der Waals surface area contributed by atoms with Crippen molar-refractivity contribution in [2.45, 2.75) is 30.0 Å². The summed E-state index contributed by atoms with van der Waals surface area (Å²) in [6, 6.07) is 10.5. The lowest BCUT2D eigenvalue weighted by Crippen LogP contribution is -2.45. The summed E-state index contributed by atoms with van der Waals surface area (Å²) in [6.07, 6.45) is 1.37. The van der Waals surface area contributed by atoms with Crippen molar-refractivity contribution in [2.75, 3.05) is 13.1 Å². The van der Waals surface area contributed by atoms with Crippen LogP contribution in [0.4, 0.5) is 0 Å². The van der Waals surface area contributed by atoms with E-state index in [1.807, 2.05) is 19.1 Å². The van der Waals surface area contributed by atoms with E-state index < -0.39 is 10.0 Å². The van der Waals surface area contributed by atoms with Crippen LogP contribution in [0.25, 0.3) is 0 Å². The lowest BCUT2D eigenvalue weighted by atomic mass is 9.98. The topological polar surface area (TPSA) is 66.5 Å². The van der Waals surface area contributed by atoms with Gasteiger partial charge in [-0.1, -0.05) is 29.8 Å². The molecule has 2 aromatic rings. The van der Waals surface area contributed by atoms with Crippen molar-refractivity contribution < 1.29 is 13.2 Å². The van der Waals surface area contributed by atoms with Gasteiger partial charge in [-0.3, -0.25) is 4.79 Å². The third kappa shape index (κ3) is 4.28. The minimum atomic E-state index is -3.51. The third-order valence-electron chi connectivity index (χ3n) is 4.57. The Labute approximate surface area is 163 Å². The highest BCUT2D eigenvalue weighted by Crippen LogP contribution is 2.27. The lowest BCUT2D eigenvalue weighted by molar-refractivity contribution is -0.126. The molecule has 1 aromatic heterocycles. The maximum atomic E-state index is 12.7. The van der Waals surface area contributed by atoms with Crippen LogP contribution in [0.5, 0.6) is 0 Å². The highest BCUT2D eigenvalue weighted by molar-refractivity contribution is 7.91. The highest BCUT2D eigenvalue weighted by atomic mass is 35.5. The molecule has 1 aromatic carbocycles. The van der Waals surface area contributed by atoms with Gasteiger partial charge in [-0.05, 0) is 48.9 Å². The number of piperidine rings is 1. The van der Waals surface area contributed by atoms with Gasteiger partial charge in [0.2, 0.25) is 5.91 Å². The number of rotatable bonds is 5. The first-order valence-electron chi connectivity index (χ1n) is 8.47. The van der Waals surface area contributed by atoms with Gasteiger partial charge in [0.05, 0.1) is 12.0 Å². The second-order valence-corrected chi connectivity index (χ2v) is 9.97. The van der Waals surface area contributed by atoms with Crippen molar-refractivity contribution in [3.8, 4) is 0 Å². The van der Waals surface area contributed by atoms with Gasteiger partial charge in [-0.25, -0.2) is 8.42 Å². The van der Waals surface area contributed by atoms with Crippen LogP contribution < -0.4 is 5.32 Å². The molecule has 26 heavy (non-hydrogen) atoms. The molecule has 2 heterocycles. The number of sulfonamides is 1. The first kappa shape index (κ1) is 19.4. The number of amides is 1. The Morgan fingerprint density at radius 1 is 1.31 bits per heavy atom. The van der Waals surface area contributed by atoms with Crippen LogP contribution in [-0.2, 0) is 14.8 Å². The standard InChI is InChI=1S/C18H21ClN2O3S2/c1-13(14-6-8-16(19)9-7-14)20-18(22)15-4-2-10-21(12-15)26(23,24)17-5-3-11-25-17/h3,5-9,11,13,15H,2,4,10,12H2,1H3,(H,20,22)/t13-,15-/m1/s1. The quantitative estimate of drug-likeness (QED) is 0.814. The average Bonchev–Trinajstić information content (AvgIpc) is 3.18. The molecule has 3 rings (SSSR count). The molecule has 8 heteroatoms. The zero-order chi connectivity index (χ0) is 18.7. The normalized spacial score (nSPS) is 19.8. The van der Waals surface area contributed by atoms with E-state index in [0.717, 1.165) is 5.56 Å². The number of nitrogens with one attached hydrogen (secondary N) is 1. The summed E-state index contributed by atoms with van der Waals surface area (Å²) in [5, 5.41) is 5.38. The van der Waals surface area contributed by atoms with E-state index in [9.17, 15) is 13.2 Å². The van der Waals surface area contributed by atoms with Crippen LogP contribution in [0.1, 0.15) is 31.4 Å². The smallest absolute Gasteiger partial charge is 0.252 e. The molecule has 0 unspecified atom stereocenters. The summed E-state index contributed by atoms with van der Waals surface area (Å²) in [5.41, 5.74) is 0.960. The average molecular weight is 413 g/mol. The van der Waals surface area contributed by atoms with E-state index in [2.05, 4.69) is 5.32 Å². The predicted octanol–water partition coefficient (Wildman–Crippen LogP) is 3.68. The molecular weight excluding hydrogens is 392 g/mol. The SMILES string of the molecule is C[C@@H](NC(=O)[C@@H]1CCCN(S(=O)(=O)c2cccs2)C1)c1ccc(Cl)cc1. The summed E-state index contributed by atoms with van der Waals surface area (Å²) in [7, 11) is -3.51. The predicted molar refractivity (Wildman–Crippen MR) is 104 cm³/mol. The molecule has 0 saturated carbocycles. The van der Waals surface area contributed by atoms with Crippen molar-refractivity contribution >= 4 is 38.9 Å². The number of carbonyl (C=O) groups excluding carboxylic acids is 1. The molecule has 5 nitrogen and oxygen atoms in total. The van der Waals surface area contributed by atoms with Crippen LogP contribution in [0.2, 0.25) is 5.02 Å². The fraction of sp³-hybridized carbons (Fsp3) is 0.389. The van der Waals surface area contributed by atoms with Crippen LogP contribution in [0, 0.1) is 5.92 Å². The Bertz CT molecular complexity index is 851. The summed E-state index contributed by atoms with van der Waals surface area (Å²) in [6.45, 7) is 2.58. The zero-order valence-corrected chi connectivity index (χ0v) is 16.8. The first-order valence-corrected chi connectivity index (χ1v) is 11.2. The number of hydrogen-bond donors (Lipinski definition) is 1. The molecule has 0 bridgehead atoms. The Hall–Kier alpha value is -1.41. The summed E-state index contributed by atoms with van der Waals surface area (Å²) in [4.78, 5) is 12.7. The van der Waals surface area contributed by atoms with Gasteiger partial charge in [0.15, 0.2) is 0 Å². The molecule has 1 aliphatic heterocycles. The maximum Gasteiger partial charge on any atom is 0.252 e. The first-order chi connectivity index (χ1) is 12.4. The van der Waals surface area contributed by atoms with Gasteiger partial charge in [0.25, 0.3) is 10.0 Å². The number of nitrogens with zero attached hydrogens (tertiary/aromatic N) is 1. The van der Waals surface area contributed by atoms with Gasteiger partial charge < -0.3 is 5.32 Å². The summed E-state index contributed by atoms with van der Waals surface area (Å²) >= 11 is 7.10. The minimum absolute atomic E-state index is 0.112. The third-order valence-corrected chi connectivity index (χ3v) is 8.06. The molecule has 140 valence electrons. The van der Waals surface area contributed by atoms with E-state index in [4.69, 9.17) is 11.6 Å². The molecule has 1 fully saturated rings. The molecule has 0 radical (unpaired) electrons. The summed E-state index contributed by atoms with van der Waals surface area (Å²) in [5.74, 6) is -0.452. The van der Waals surface area contributed by atoms with Crippen LogP contribution in [-0.4, -0.2) is 31.7 Å². The second-order valence-electron chi connectivity index (χ2n) is 6.42. The van der Waals surface area contributed by atoms with Crippen LogP contribution in [0.3, 0.4) is 0 Å². The minimum Gasteiger partial charge on any atom is -0.349 e. The molecule has 1 aliphatic rings. The lowest BCUT2D eigenvalue weighted by Gasteiger charge is -2.31. The number of hydrogen-bond acceptors (Lipinski definition) is 4. The zero-order valence-electron chi connectivity index (χ0n) is 14.4. The van der Waals surface area contributed by atoms with Crippen molar-refractivity contribution in [3.63, 3.8) is 0 Å². The summed E-state index contributed by atoms with van der Waals surface area (Å²) < 4.78 is 27.1. The van der Waals surface area contributed by atoms with E-state index >= 15 is 0 Å². The highest BCUT2D eigenvalue weighted by Gasteiger charge is 2.34. The molecule has 0 aliphatic carbocycles. The monoisotopic (exact) mass is 412 g/mol. The van der Waals surface area contributed by atoms with Gasteiger partial charge in [0.1, 0.15) is 4.21 Å². The Morgan fingerprint density at radius 2 is 2.04 bits per heavy atom. The number of thiophene rings is 1. The largest absolute Gasteiger partial charge is 0.349 e. The van der Waals surface area contributed by atoms with E-state index in [1.54, 1.807) is 29.6 Å². The number of halogens is 1. The van der Waals surface area contributed by atoms with Gasteiger partial charge in [-0.2, -0.15) is 4.31 Å². The van der Waals surface area contributed by atoms with E-state index in [-0.39, 0.29) is 24.4 Å². The molecular formula is C18H21ClN2O3S2. The van der Waals surface area contributed by atoms with Crippen LogP contribution >= 0.6 is 22.9 Å². The molecule has 1 saturated heterocycles. The Morgan fingerprint density at radius 3 is 2.69 bits per heavy atom. The molecule has 1 N–H and O–H groups in total. The number of carbonyl (C=O) groups is 1. The Balaban J connectivity index is 1.65. The van der Waals surface area contributed by atoms with Gasteiger partial charge >= 0.3 is 0 Å². The molecule has 1 amide bonds. The fourth-order valence-electron chi connectivity index (χ4n) is 3.08. The number of benzene rings is 1. The maximum absolute atomic E-state index is 12.7. The molecule has 0 spiro atoms. The van der Waals surface area contributed by atoms with Gasteiger partial charge in [-0.15, -0.1) is 11.3 Å². The molecule has 2 atom stereocenters. The fourth-order valence-corrected chi connectivity index (χ4v) is 5.87. The van der Waals surface area contributed by atoms with Crippen molar-refractivity contribution in [1.29, 1.82) is 0 Å². The Kier molecular flexibility index (Phi) is 6.02. The van der Waals surface area contributed by atoms with Crippen molar-refractivity contribution in [1.82, 2.24) is 9.62 Å². The van der Waals surface area contributed by atoms with E-state index in [0.29, 0.717) is 28.6 Å². The van der Waals surface area contributed by atoms with E-state index in [1.165, 1.54) is 15.6 Å². The second kappa shape index (κ2) is 8.08. The van der Waals surface area contributed by atoms with Crippen LogP contribution in [0.15, 0.2) is 46.0 Å².